The average Bonchev–Trinajstić information content (AvgIpc) is 2.39. The first kappa shape index (κ1) is 12.4. The van der Waals surface area contributed by atoms with Crippen LogP contribution in [0.1, 0.15) is 5.56 Å². The lowest BCUT2D eigenvalue weighted by Crippen LogP contribution is -1.96. The van der Waals surface area contributed by atoms with E-state index in [9.17, 15) is 0 Å². The van der Waals surface area contributed by atoms with Gasteiger partial charge in [-0.15, -0.1) is 0 Å². The Hall–Kier alpha value is -2.06. The lowest BCUT2D eigenvalue weighted by molar-refractivity contribution is 1.28. The summed E-state index contributed by atoms with van der Waals surface area (Å²) in [6.45, 7) is 0. The molecule has 4 nitrogen and oxygen atoms in total. The molecule has 1 heterocycles. The van der Waals surface area contributed by atoms with Crippen molar-refractivity contribution in [3.63, 3.8) is 0 Å². The van der Waals surface area contributed by atoms with Crippen LogP contribution in [0, 0.1) is 11.3 Å². The standard InChI is InChI=1S/C13H11BrN4/c1-16-13-7-11(4-5-17-13)18-12-6-10(14)3-2-9(12)8-15/h2-7H,1H3,(H2,16,17,18). The van der Waals surface area contributed by atoms with Crippen molar-refractivity contribution >= 4 is 33.1 Å². The second-order valence-corrected chi connectivity index (χ2v) is 4.52. The van der Waals surface area contributed by atoms with Gasteiger partial charge in [-0.3, -0.25) is 0 Å². The van der Waals surface area contributed by atoms with Crippen LogP contribution in [0.3, 0.4) is 0 Å². The van der Waals surface area contributed by atoms with E-state index in [-0.39, 0.29) is 0 Å². The lowest BCUT2D eigenvalue weighted by Gasteiger charge is -2.09. The van der Waals surface area contributed by atoms with Gasteiger partial charge in [0.05, 0.1) is 11.3 Å². The van der Waals surface area contributed by atoms with Gasteiger partial charge >= 0.3 is 0 Å². The van der Waals surface area contributed by atoms with Crippen LogP contribution in [0.5, 0.6) is 0 Å². The Labute approximate surface area is 114 Å². The molecule has 18 heavy (non-hydrogen) atoms. The third-order valence-corrected chi connectivity index (χ3v) is 2.89. The molecule has 90 valence electrons. The summed E-state index contributed by atoms with van der Waals surface area (Å²) in [6.07, 6.45) is 1.71. The highest BCUT2D eigenvalue weighted by atomic mass is 79.9. The average molecular weight is 303 g/mol. The van der Waals surface area contributed by atoms with E-state index in [0.717, 1.165) is 21.7 Å². The minimum atomic E-state index is 0.598. The predicted molar refractivity (Wildman–Crippen MR) is 75.9 cm³/mol. The van der Waals surface area contributed by atoms with Gasteiger partial charge in [0.1, 0.15) is 11.9 Å². The zero-order valence-corrected chi connectivity index (χ0v) is 11.3. The third-order valence-electron chi connectivity index (χ3n) is 2.40. The van der Waals surface area contributed by atoms with Gasteiger partial charge in [0.15, 0.2) is 0 Å². The Bertz CT molecular complexity index is 604. The van der Waals surface area contributed by atoms with Crippen LogP contribution in [-0.4, -0.2) is 12.0 Å². The molecule has 0 aliphatic heterocycles. The Kier molecular flexibility index (Phi) is 3.80. The van der Waals surface area contributed by atoms with E-state index in [2.05, 4.69) is 37.6 Å². The van der Waals surface area contributed by atoms with E-state index < -0.39 is 0 Å². The van der Waals surface area contributed by atoms with Gasteiger partial charge in [-0.1, -0.05) is 15.9 Å². The normalized spacial score (nSPS) is 9.61. The van der Waals surface area contributed by atoms with Crippen LogP contribution < -0.4 is 10.6 Å². The summed E-state index contributed by atoms with van der Waals surface area (Å²) >= 11 is 3.39. The summed E-state index contributed by atoms with van der Waals surface area (Å²) in [5.74, 6) is 0.772. The molecule has 5 heteroatoms. The number of anilines is 3. The number of hydrogen-bond acceptors (Lipinski definition) is 4. The molecule has 0 spiro atoms. The number of hydrogen-bond donors (Lipinski definition) is 2. The summed E-state index contributed by atoms with van der Waals surface area (Å²) in [5.41, 5.74) is 2.24. The molecule has 1 aromatic carbocycles. The molecule has 0 amide bonds. The van der Waals surface area contributed by atoms with Gasteiger partial charge in [-0.2, -0.15) is 5.26 Å². The monoisotopic (exact) mass is 302 g/mol. The topological polar surface area (TPSA) is 60.7 Å². The van der Waals surface area contributed by atoms with E-state index >= 15 is 0 Å². The largest absolute Gasteiger partial charge is 0.373 e. The molecule has 1 aromatic heterocycles. The van der Waals surface area contributed by atoms with Crippen LogP contribution in [-0.2, 0) is 0 Å². The van der Waals surface area contributed by atoms with Crippen molar-refractivity contribution in [1.29, 1.82) is 5.26 Å². The first-order valence-corrected chi connectivity index (χ1v) is 6.12. The molecule has 0 bridgehead atoms. The number of benzene rings is 1. The van der Waals surface area contributed by atoms with Gasteiger partial charge in [0.25, 0.3) is 0 Å². The fourth-order valence-corrected chi connectivity index (χ4v) is 1.88. The Morgan fingerprint density at radius 3 is 2.83 bits per heavy atom. The van der Waals surface area contributed by atoms with Gasteiger partial charge in [0.2, 0.25) is 0 Å². The van der Waals surface area contributed by atoms with E-state index in [1.807, 2.05) is 31.3 Å². The van der Waals surface area contributed by atoms with Crippen LogP contribution in [0.15, 0.2) is 41.0 Å². The summed E-state index contributed by atoms with van der Waals surface area (Å²) in [6, 6.07) is 11.4. The highest BCUT2D eigenvalue weighted by molar-refractivity contribution is 9.10. The number of nitrogens with zero attached hydrogens (tertiary/aromatic N) is 2. The van der Waals surface area contributed by atoms with E-state index in [1.165, 1.54) is 0 Å². The Morgan fingerprint density at radius 2 is 2.11 bits per heavy atom. The summed E-state index contributed by atoms with van der Waals surface area (Å²) in [4.78, 5) is 4.13. The first-order valence-electron chi connectivity index (χ1n) is 5.33. The van der Waals surface area contributed by atoms with Crippen molar-refractivity contribution in [3.8, 4) is 6.07 Å². The van der Waals surface area contributed by atoms with Crippen molar-refractivity contribution < 1.29 is 0 Å². The third kappa shape index (κ3) is 2.79. The van der Waals surface area contributed by atoms with E-state index in [4.69, 9.17) is 5.26 Å². The van der Waals surface area contributed by atoms with Crippen LogP contribution in [0.25, 0.3) is 0 Å². The minimum absolute atomic E-state index is 0.598. The van der Waals surface area contributed by atoms with Gasteiger partial charge in [0, 0.05) is 29.5 Å². The van der Waals surface area contributed by atoms with Crippen molar-refractivity contribution in [2.75, 3.05) is 17.7 Å². The molecule has 0 aliphatic rings. The highest BCUT2D eigenvalue weighted by Crippen LogP contribution is 2.25. The maximum absolute atomic E-state index is 9.06. The zero-order valence-electron chi connectivity index (χ0n) is 9.74. The maximum Gasteiger partial charge on any atom is 0.127 e. The van der Waals surface area contributed by atoms with Gasteiger partial charge in [-0.05, 0) is 24.3 Å². The fourth-order valence-electron chi connectivity index (χ4n) is 1.52. The predicted octanol–water partition coefficient (Wildman–Crippen LogP) is 3.50. The van der Waals surface area contributed by atoms with Crippen molar-refractivity contribution in [2.24, 2.45) is 0 Å². The molecule has 0 radical (unpaired) electrons. The second kappa shape index (κ2) is 5.52. The Morgan fingerprint density at radius 1 is 1.28 bits per heavy atom. The molecule has 0 saturated carbocycles. The summed E-state index contributed by atoms with van der Waals surface area (Å²) in [5, 5.41) is 15.2. The quantitative estimate of drug-likeness (QED) is 0.911. The smallest absolute Gasteiger partial charge is 0.127 e. The number of rotatable bonds is 3. The number of aromatic nitrogens is 1. The molecule has 0 unspecified atom stereocenters. The molecular weight excluding hydrogens is 292 g/mol. The number of pyridine rings is 1. The van der Waals surface area contributed by atoms with Gasteiger partial charge in [-0.25, -0.2) is 4.98 Å². The lowest BCUT2D eigenvalue weighted by atomic mass is 10.2. The van der Waals surface area contributed by atoms with Crippen molar-refractivity contribution in [2.45, 2.75) is 0 Å². The molecule has 0 saturated heterocycles. The Balaban J connectivity index is 2.33. The molecule has 2 N–H and O–H groups in total. The van der Waals surface area contributed by atoms with E-state index in [1.54, 1.807) is 12.3 Å². The van der Waals surface area contributed by atoms with Crippen LogP contribution in [0.2, 0.25) is 0 Å². The van der Waals surface area contributed by atoms with Crippen LogP contribution in [0.4, 0.5) is 17.2 Å². The van der Waals surface area contributed by atoms with Crippen molar-refractivity contribution in [1.82, 2.24) is 4.98 Å². The highest BCUT2D eigenvalue weighted by Gasteiger charge is 2.03. The molecule has 0 atom stereocenters. The SMILES string of the molecule is CNc1cc(Nc2cc(Br)ccc2C#N)ccn1. The minimum Gasteiger partial charge on any atom is -0.373 e. The summed E-state index contributed by atoms with van der Waals surface area (Å²) in [7, 11) is 1.81. The van der Waals surface area contributed by atoms with Crippen LogP contribution >= 0.6 is 15.9 Å². The molecule has 0 fully saturated rings. The number of nitrogens with one attached hydrogen (secondary N) is 2. The number of halogens is 1. The first-order chi connectivity index (χ1) is 8.72. The number of nitriles is 1. The summed E-state index contributed by atoms with van der Waals surface area (Å²) < 4.78 is 0.923. The molecular formula is C13H11BrN4. The van der Waals surface area contributed by atoms with Crippen molar-refractivity contribution in [3.05, 3.63) is 46.6 Å². The zero-order chi connectivity index (χ0) is 13.0. The molecule has 0 aliphatic carbocycles. The molecule has 2 aromatic rings. The molecule has 2 rings (SSSR count). The maximum atomic E-state index is 9.06. The van der Waals surface area contributed by atoms with Gasteiger partial charge < -0.3 is 10.6 Å². The fraction of sp³-hybridized carbons (Fsp3) is 0.0769. The van der Waals surface area contributed by atoms with E-state index in [0.29, 0.717) is 5.56 Å². The second-order valence-electron chi connectivity index (χ2n) is 3.61.